The van der Waals surface area contributed by atoms with E-state index in [-0.39, 0.29) is 23.5 Å². The first-order valence-electron chi connectivity index (χ1n) is 10.4. The average molecular weight is 467 g/mol. The molecule has 1 saturated carbocycles. The number of nitrogens with one attached hydrogen (secondary N) is 2. The first-order valence-corrected chi connectivity index (χ1v) is 12.5. The number of nitrogens with zero attached hydrogens (tertiary/aromatic N) is 2. The summed E-state index contributed by atoms with van der Waals surface area (Å²) in [5, 5.41) is 14.9. The molecule has 6 nitrogen and oxygen atoms in total. The molecule has 2 N–H and O–H groups in total. The molecule has 0 unspecified atom stereocenters. The molecule has 0 radical (unpaired) electrons. The molecule has 2 aromatic rings. The second-order valence-corrected chi connectivity index (χ2v) is 10.2. The Bertz CT molecular complexity index is 853. The number of anilines is 2. The van der Waals surface area contributed by atoms with E-state index in [1.54, 1.807) is 24.3 Å². The van der Waals surface area contributed by atoms with E-state index < -0.39 is 0 Å². The number of thioether (sulfide) groups is 1. The highest BCUT2D eigenvalue weighted by Crippen LogP contribution is 2.33. The van der Waals surface area contributed by atoms with Gasteiger partial charge >= 0.3 is 0 Å². The van der Waals surface area contributed by atoms with E-state index in [9.17, 15) is 9.59 Å². The SMILES string of the molecule is CCCCC1CCC(C(=O)Nc2nnc(SCC(=O)Nc3cccc(Cl)c3)s2)CC1. The van der Waals surface area contributed by atoms with Gasteiger partial charge in [-0.2, -0.15) is 0 Å². The number of benzene rings is 1. The van der Waals surface area contributed by atoms with Gasteiger partial charge in [0.1, 0.15) is 0 Å². The smallest absolute Gasteiger partial charge is 0.234 e. The minimum absolute atomic E-state index is 0.0374. The molecule has 0 spiro atoms. The first-order chi connectivity index (χ1) is 14.5. The lowest BCUT2D eigenvalue weighted by molar-refractivity contribution is -0.121. The molecule has 0 bridgehead atoms. The van der Waals surface area contributed by atoms with E-state index in [0.29, 0.717) is 20.2 Å². The maximum atomic E-state index is 12.5. The highest BCUT2D eigenvalue weighted by atomic mass is 35.5. The summed E-state index contributed by atoms with van der Waals surface area (Å²) in [4.78, 5) is 24.6. The van der Waals surface area contributed by atoms with Gasteiger partial charge in [-0.15, -0.1) is 10.2 Å². The summed E-state index contributed by atoms with van der Waals surface area (Å²) < 4.78 is 0.648. The maximum absolute atomic E-state index is 12.5. The van der Waals surface area contributed by atoms with Crippen LogP contribution in [0.3, 0.4) is 0 Å². The summed E-state index contributed by atoms with van der Waals surface area (Å²) in [6.07, 6.45) is 7.97. The summed E-state index contributed by atoms with van der Waals surface area (Å²) in [5.74, 6) is 0.929. The number of carbonyl (C=O) groups is 2. The molecule has 9 heteroatoms. The molecule has 2 amide bonds. The summed E-state index contributed by atoms with van der Waals surface area (Å²) in [7, 11) is 0. The molecule has 0 atom stereocenters. The molecule has 3 rings (SSSR count). The number of unbranched alkanes of at least 4 members (excludes halogenated alkanes) is 1. The highest BCUT2D eigenvalue weighted by molar-refractivity contribution is 8.01. The van der Waals surface area contributed by atoms with Crippen LogP contribution in [0.4, 0.5) is 10.8 Å². The Kier molecular flexibility index (Phi) is 8.96. The van der Waals surface area contributed by atoms with E-state index in [1.807, 2.05) is 0 Å². The quantitative estimate of drug-likeness (QED) is 0.357. The Labute approximate surface area is 190 Å². The van der Waals surface area contributed by atoms with Crippen molar-refractivity contribution in [2.75, 3.05) is 16.4 Å². The Balaban J connectivity index is 1.40. The van der Waals surface area contributed by atoms with Crippen LogP contribution in [0.5, 0.6) is 0 Å². The largest absolute Gasteiger partial charge is 0.325 e. The number of hydrogen-bond donors (Lipinski definition) is 2. The molecule has 1 aromatic carbocycles. The Morgan fingerprint density at radius 3 is 2.73 bits per heavy atom. The van der Waals surface area contributed by atoms with Gasteiger partial charge in [-0.05, 0) is 49.8 Å². The van der Waals surface area contributed by atoms with E-state index in [4.69, 9.17) is 11.6 Å². The van der Waals surface area contributed by atoms with Crippen LogP contribution in [0, 0.1) is 11.8 Å². The number of amides is 2. The molecule has 1 heterocycles. The minimum atomic E-state index is -0.150. The number of aromatic nitrogens is 2. The molecule has 0 saturated heterocycles. The third-order valence-corrected chi connectivity index (χ3v) is 7.46. The van der Waals surface area contributed by atoms with Crippen molar-refractivity contribution in [1.82, 2.24) is 10.2 Å². The van der Waals surface area contributed by atoms with E-state index in [1.165, 1.54) is 42.4 Å². The molecular formula is C21H27ClN4O2S2. The van der Waals surface area contributed by atoms with Crippen molar-refractivity contribution in [2.45, 2.75) is 56.2 Å². The van der Waals surface area contributed by atoms with Crippen LogP contribution in [0.2, 0.25) is 5.02 Å². The van der Waals surface area contributed by atoms with Crippen molar-refractivity contribution >= 4 is 57.3 Å². The van der Waals surface area contributed by atoms with Crippen LogP contribution >= 0.6 is 34.7 Å². The molecular weight excluding hydrogens is 440 g/mol. The zero-order chi connectivity index (χ0) is 21.3. The fourth-order valence-corrected chi connectivity index (χ4v) is 5.37. The van der Waals surface area contributed by atoms with E-state index in [0.717, 1.165) is 31.6 Å². The van der Waals surface area contributed by atoms with Gasteiger partial charge in [-0.1, -0.05) is 67.0 Å². The summed E-state index contributed by atoms with van der Waals surface area (Å²) in [6.45, 7) is 2.22. The lowest BCUT2D eigenvalue weighted by Gasteiger charge is -2.27. The minimum Gasteiger partial charge on any atom is -0.325 e. The normalized spacial score (nSPS) is 18.7. The molecule has 162 valence electrons. The van der Waals surface area contributed by atoms with Gasteiger partial charge in [0.05, 0.1) is 5.75 Å². The molecule has 0 aliphatic heterocycles. The first kappa shape index (κ1) is 23.0. The van der Waals surface area contributed by atoms with Gasteiger partial charge in [-0.3, -0.25) is 9.59 Å². The average Bonchev–Trinajstić information content (AvgIpc) is 3.18. The number of carbonyl (C=O) groups excluding carboxylic acids is 2. The van der Waals surface area contributed by atoms with Gasteiger partial charge in [0.25, 0.3) is 0 Å². The Morgan fingerprint density at radius 2 is 2.00 bits per heavy atom. The van der Waals surface area contributed by atoms with Crippen LogP contribution < -0.4 is 10.6 Å². The lowest BCUT2D eigenvalue weighted by atomic mass is 9.79. The Hall–Kier alpha value is -1.64. The Morgan fingerprint density at radius 1 is 1.20 bits per heavy atom. The van der Waals surface area contributed by atoms with Gasteiger partial charge in [0.15, 0.2) is 4.34 Å². The van der Waals surface area contributed by atoms with Crippen molar-refractivity contribution < 1.29 is 9.59 Å². The van der Waals surface area contributed by atoms with Crippen LogP contribution in [0.15, 0.2) is 28.6 Å². The van der Waals surface area contributed by atoms with Crippen molar-refractivity contribution in [3.05, 3.63) is 29.3 Å². The number of halogens is 1. The molecule has 1 aliphatic carbocycles. The van der Waals surface area contributed by atoms with Crippen molar-refractivity contribution in [3.63, 3.8) is 0 Å². The molecule has 1 aliphatic rings. The van der Waals surface area contributed by atoms with Crippen molar-refractivity contribution in [3.8, 4) is 0 Å². The van der Waals surface area contributed by atoms with Crippen LogP contribution in [0.1, 0.15) is 51.9 Å². The fraction of sp³-hybridized carbons (Fsp3) is 0.524. The van der Waals surface area contributed by atoms with Gasteiger partial charge in [0.2, 0.25) is 16.9 Å². The maximum Gasteiger partial charge on any atom is 0.234 e. The van der Waals surface area contributed by atoms with Crippen LogP contribution in [0.25, 0.3) is 0 Å². The van der Waals surface area contributed by atoms with E-state index in [2.05, 4.69) is 27.8 Å². The van der Waals surface area contributed by atoms with E-state index >= 15 is 0 Å². The predicted octanol–water partition coefficient (Wildman–Crippen LogP) is 5.86. The fourth-order valence-electron chi connectivity index (χ4n) is 3.62. The zero-order valence-electron chi connectivity index (χ0n) is 17.0. The molecule has 30 heavy (non-hydrogen) atoms. The molecule has 1 aromatic heterocycles. The number of hydrogen-bond acceptors (Lipinski definition) is 6. The monoisotopic (exact) mass is 466 g/mol. The van der Waals surface area contributed by atoms with Crippen LogP contribution in [-0.2, 0) is 9.59 Å². The third kappa shape index (κ3) is 7.25. The van der Waals surface area contributed by atoms with Crippen molar-refractivity contribution in [2.24, 2.45) is 11.8 Å². The summed E-state index contributed by atoms with van der Waals surface area (Å²) in [5.41, 5.74) is 0.655. The van der Waals surface area contributed by atoms with Gasteiger partial charge < -0.3 is 10.6 Å². The predicted molar refractivity (Wildman–Crippen MR) is 124 cm³/mol. The zero-order valence-corrected chi connectivity index (χ0v) is 19.4. The summed E-state index contributed by atoms with van der Waals surface area (Å²) in [6, 6.07) is 7.01. The third-order valence-electron chi connectivity index (χ3n) is 5.26. The van der Waals surface area contributed by atoms with Gasteiger partial charge in [0, 0.05) is 16.6 Å². The molecule has 1 fully saturated rings. The topological polar surface area (TPSA) is 84.0 Å². The number of rotatable bonds is 9. The lowest BCUT2D eigenvalue weighted by Crippen LogP contribution is -2.27. The summed E-state index contributed by atoms with van der Waals surface area (Å²) >= 11 is 8.51. The second-order valence-electron chi connectivity index (χ2n) is 7.57. The van der Waals surface area contributed by atoms with Crippen LogP contribution in [-0.4, -0.2) is 27.8 Å². The second kappa shape index (κ2) is 11.7. The highest BCUT2D eigenvalue weighted by Gasteiger charge is 2.26. The van der Waals surface area contributed by atoms with Gasteiger partial charge in [-0.25, -0.2) is 0 Å². The standard InChI is InChI=1S/C21H27ClN4O2S2/c1-2-3-5-14-8-10-15(11-9-14)19(28)24-20-25-26-21(30-20)29-13-18(27)23-17-7-4-6-16(22)12-17/h4,6-7,12,14-15H,2-3,5,8-11,13H2,1H3,(H,23,27)(H,24,25,28). The van der Waals surface area contributed by atoms with Crippen molar-refractivity contribution in [1.29, 1.82) is 0 Å².